The Labute approximate surface area is 78.8 Å². The number of aliphatic hydroxyl groups excluding tert-OH is 1. The van der Waals surface area contributed by atoms with Crippen molar-refractivity contribution in [1.82, 2.24) is 0 Å². The van der Waals surface area contributed by atoms with Crippen LogP contribution in [0.1, 0.15) is 38.5 Å². The third-order valence-electron chi connectivity index (χ3n) is 2.99. The van der Waals surface area contributed by atoms with Crippen molar-refractivity contribution in [3.8, 4) is 0 Å². The molecule has 0 aliphatic heterocycles. The quantitative estimate of drug-likeness (QED) is 0.701. The third kappa shape index (κ3) is 3.35. The molecule has 1 unspecified atom stereocenters. The summed E-state index contributed by atoms with van der Waals surface area (Å²) in [6.45, 7) is 0.0248. The topological polar surface area (TPSA) is 57.5 Å². The number of aliphatic carboxylic acids is 1. The van der Waals surface area contributed by atoms with E-state index in [0.29, 0.717) is 5.92 Å². The van der Waals surface area contributed by atoms with Crippen molar-refractivity contribution in [2.45, 2.75) is 38.5 Å². The van der Waals surface area contributed by atoms with Crippen LogP contribution in [-0.4, -0.2) is 22.8 Å². The standard InChI is InChI=1S/C10H18O3/c11-7-9(6-10(12)13)8-4-2-1-3-5-8/h8-9,11H,1-7H2,(H,12,13). The van der Waals surface area contributed by atoms with Gasteiger partial charge in [0.25, 0.3) is 0 Å². The molecule has 1 atom stereocenters. The first-order valence-corrected chi connectivity index (χ1v) is 5.06. The van der Waals surface area contributed by atoms with Gasteiger partial charge in [-0.3, -0.25) is 4.79 Å². The Morgan fingerprint density at radius 2 is 1.92 bits per heavy atom. The molecule has 3 heteroatoms. The van der Waals surface area contributed by atoms with Crippen molar-refractivity contribution < 1.29 is 15.0 Å². The van der Waals surface area contributed by atoms with Crippen molar-refractivity contribution in [2.75, 3.05) is 6.61 Å². The van der Waals surface area contributed by atoms with Gasteiger partial charge in [0.15, 0.2) is 0 Å². The average molecular weight is 186 g/mol. The minimum absolute atomic E-state index is 0.0159. The van der Waals surface area contributed by atoms with Gasteiger partial charge in [-0.1, -0.05) is 32.1 Å². The van der Waals surface area contributed by atoms with Gasteiger partial charge in [0.05, 0.1) is 6.42 Å². The number of rotatable bonds is 4. The zero-order valence-electron chi connectivity index (χ0n) is 7.91. The highest BCUT2D eigenvalue weighted by atomic mass is 16.4. The highest BCUT2D eigenvalue weighted by Gasteiger charge is 2.24. The Kier molecular flexibility index (Phi) is 4.22. The Balaban J connectivity index is 2.39. The van der Waals surface area contributed by atoms with E-state index in [9.17, 15) is 4.79 Å². The lowest BCUT2D eigenvalue weighted by molar-refractivity contribution is -0.139. The van der Waals surface area contributed by atoms with E-state index in [0.717, 1.165) is 12.8 Å². The van der Waals surface area contributed by atoms with Gasteiger partial charge in [-0.2, -0.15) is 0 Å². The highest BCUT2D eigenvalue weighted by Crippen LogP contribution is 2.31. The summed E-state index contributed by atoms with van der Waals surface area (Å²) in [5.74, 6) is -0.364. The number of carbonyl (C=O) groups is 1. The fraction of sp³-hybridized carbons (Fsp3) is 0.900. The van der Waals surface area contributed by atoms with E-state index in [1.54, 1.807) is 0 Å². The summed E-state index contributed by atoms with van der Waals surface area (Å²) in [5, 5.41) is 17.7. The number of aliphatic hydroxyl groups is 1. The molecule has 1 aliphatic rings. The molecule has 1 aliphatic carbocycles. The van der Waals surface area contributed by atoms with Gasteiger partial charge in [0.2, 0.25) is 0 Å². The van der Waals surface area contributed by atoms with Gasteiger partial charge in [-0.25, -0.2) is 0 Å². The smallest absolute Gasteiger partial charge is 0.303 e. The van der Waals surface area contributed by atoms with Crippen LogP contribution in [0.15, 0.2) is 0 Å². The molecular formula is C10H18O3. The van der Waals surface area contributed by atoms with Crippen molar-refractivity contribution >= 4 is 5.97 Å². The van der Waals surface area contributed by atoms with Gasteiger partial charge >= 0.3 is 5.97 Å². The van der Waals surface area contributed by atoms with E-state index < -0.39 is 5.97 Å². The van der Waals surface area contributed by atoms with E-state index >= 15 is 0 Å². The third-order valence-corrected chi connectivity index (χ3v) is 2.99. The maximum absolute atomic E-state index is 10.5. The highest BCUT2D eigenvalue weighted by molar-refractivity contribution is 5.67. The monoisotopic (exact) mass is 186 g/mol. The number of hydrogen-bond donors (Lipinski definition) is 2. The van der Waals surface area contributed by atoms with Crippen LogP contribution in [0.4, 0.5) is 0 Å². The molecule has 0 aromatic heterocycles. The second kappa shape index (κ2) is 5.22. The number of hydrogen-bond acceptors (Lipinski definition) is 2. The fourth-order valence-corrected chi connectivity index (χ4v) is 2.21. The van der Waals surface area contributed by atoms with Crippen LogP contribution in [-0.2, 0) is 4.79 Å². The normalized spacial score (nSPS) is 21.3. The van der Waals surface area contributed by atoms with Crippen LogP contribution in [0.25, 0.3) is 0 Å². The molecular weight excluding hydrogens is 168 g/mol. The molecule has 2 N–H and O–H groups in total. The Morgan fingerprint density at radius 3 is 2.38 bits per heavy atom. The Morgan fingerprint density at radius 1 is 1.31 bits per heavy atom. The van der Waals surface area contributed by atoms with Crippen LogP contribution in [0, 0.1) is 11.8 Å². The zero-order chi connectivity index (χ0) is 9.68. The SMILES string of the molecule is O=C(O)CC(CO)C1CCCCC1. The summed E-state index contributed by atoms with van der Waals surface area (Å²) in [5.41, 5.74) is 0. The summed E-state index contributed by atoms with van der Waals surface area (Å²) in [7, 11) is 0. The van der Waals surface area contributed by atoms with Crippen molar-refractivity contribution in [2.24, 2.45) is 11.8 Å². The molecule has 0 amide bonds. The summed E-state index contributed by atoms with van der Waals surface area (Å²) in [4.78, 5) is 10.5. The lowest BCUT2D eigenvalue weighted by atomic mass is 9.79. The van der Waals surface area contributed by atoms with E-state index in [4.69, 9.17) is 10.2 Å². The fourth-order valence-electron chi connectivity index (χ4n) is 2.21. The Hall–Kier alpha value is -0.570. The van der Waals surface area contributed by atoms with E-state index in [1.807, 2.05) is 0 Å². The number of carboxylic acid groups (broad SMARTS) is 1. The lowest BCUT2D eigenvalue weighted by Crippen LogP contribution is -2.23. The molecule has 1 saturated carbocycles. The van der Waals surface area contributed by atoms with Gasteiger partial charge in [0, 0.05) is 6.61 Å². The summed E-state index contributed by atoms with van der Waals surface area (Å²) in [6.07, 6.45) is 5.97. The molecule has 1 fully saturated rings. The first-order chi connectivity index (χ1) is 6.24. The van der Waals surface area contributed by atoms with Crippen molar-refractivity contribution in [3.63, 3.8) is 0 Å². The predicted molar refractivity (Wildman–Crippen MR) is 49.4 cm³/mol. The van der Waals surface area contributed by atoms with Crippen LogP contribution in [0.3, 0.4) is 0 Å². The van der Waals surface area contributed by atoms with Crippen LogP contribution in [0.2, 0.25) is 0 Å². The largest absolute Gasteiger partial charge is 0.481 e. The molecule has 76 valence electrons. The Bertz CT molecular complexity index is 162. The van der Waals surface area contributed by atoms with E-state index in [2.05, 4.69) is 0 Å². The first-order valence-electron chi connectivity index (χ1n) is 5.06. The molecule has 3 nitrogen and oxygen atoms in total. The molecule has 0 aromatic rings. The second-order valence-corrected chi connectivity index (χ2v) is 3.94. The first kappa shape index (κ1) is 10.5. The number of carboxylic acids is 1. The van der Waals surface area contributed by atoms with E-state index in [1.165, 1.54) is 19.3 Å². The maximum atomic E-state index is 10.5. The second-order valence-electron chi connectivity index (χ2n) is 3.94. The maximum Gasteiger partial charge on any atom is 0.303 e. The predicted octanol–water partition coefficient (Wildman–Crippen LogP) is 1.65. The molecule has 0 bridgehead atoms. The molecule has 0 saturated heterocycles. The molecule has 0 spiro atoms. The van der Waals surface area contributed by atoms with E-state index in [-0.39, 0.29) is 18.9 Å². The van der Waals surface area contributed by atoms with Gasteiger partial charge in [-0.15, -0.1) is 0 Å². The zero-order valence-corrected chi connectivity index (χ0v) is 7.91. The minimum atomic E-state index is -0.787. The van der Waals surface area contributed by atoms with Crippen molar-refractivity contribution in [3.05, 3.63) is 0 Å². The summed E-state index contributed by atoms with van der Waals surface area (Å²) >= 11 is 0. The van der Waals surface area contributed by atoms with Crippen LogP contribution < -0.4 is 0 Å². The van der Waals surface area contributed by atoms with Crippen LogP contribution in [0.5, 0.6) is 0 Å². The van der Waals surface area contributed by atoms with Crippen LogP contribution >= 0.6 is 0 Å². The lowest BCUT2D eigenvalue weighted by Gasteiger charge is -2.27. The van der Waals surface area contributed by atoms with Gasteiger partial charge < -0.3 is 10.2 Å². The van der Waals surface area contributed by atoms with Gasteiger partial charge in [0.1, 0.15) is 0 Å². The van der Waals surface area contributed by atoms with Crippen molar-refractivity contribution in [1.29, 1.82) is 0 Å². The molecule has 0 heterocycles. The molecule has 0 aromatic carbocycles. The molecule has 0 radical (unpaired) electrons. The average Bonchev–Trinajstić information content (AvgIpc) is 2.15. The van der Waals surface area contributed by atoms with Gasteiger partial charge in [-0.05, 0) is 11.8 Å². The minimum Gasteiger partial charge on any atom is -0.481 e. The summed E-state index contributed by atoms with van der Waals surface area (Å²) < 4.78 is 0. The molecule has 1 rings (SSSR count). The molecule has 13 heavy (non-hydrogen) atoms. The summed E-state index contributed by atoms with van der Waals surface area (Å²) in [6, 6.07) is 0.